The lowest BCUT2D eigenvalue weighted by Crippen LogP contribution is -2.37. The molecule has 3 aromatic rings. The molecule has 0 bridgehead atoms. The van der Waals surface area contributed by atoms with Crippen LogP contribution in [0.3, 0.4) is 0 Å². The number of rotatable bonds is 5. The number of alkyl halides is 3. The summed E-state index contributed by atoms with van der Waals surface area (Å²) in [6.45, 7) is 3.04. The molecule has 0 spiro atoms. The predicted octanol–water partition coefficient (Wildman–Crippen LogP) is 3.57. The second-order valence-electron chi connectivity index (χ2n) is 6.45. The van der Waals surface area contributed by atoms with Crippen molar-refractivity contribution in [2.24, 2.45) is 4.99 Å². The van der Waals surface area contributed by atoms with E-state index in [-0.39, 0.29) is 0 Å². The highest BCUT2D eigenvalue weighted by Gasteiger charge is 2.29. The Morgan fingerprint density at radius 2 is 1.89 bits per heavy atom. The Hall–Kier alpha value is -3.03. The fourth-order valence-corrected chi connectivity index (χ4v) is 2.85. The molecule has 5 nitrogen and oxygen atoms in total. The first-order valence-corrected chi connectivity index (χ1v) is 8.90. The molecular weight excluding hydrogens is 367 g/mol. The van der Waals surface area contributed by atoms with Gasteiger partial charge in [0.2, 0.25) is 0 Å². The number of imidazole rings is 1. The van der Waals surface area contributed by atoms with Crippen molar-refractivity contribution < 1.29 is 13.2 Å². The van der Waals surface area contributed by atoms with Gasteiger partial charge >= 0.3 is 6.18 Å². The second kappa shape index (κ2) is 8.33. The molecule has 0 amide bonds. The summed E-state index contributed by atoms with van der Waals surface area (Å²) in [5, 5.41) is 6.29. The largest absolute Gasteiger partial charge is 0.416 e. The molecule has 148 valence electrons. The van der Waals surface area contributed by atoms with Gasteiger partial charge in [0.25, 0.3) is 0 Å². The molecule has 0 saturated carbocycles. The highest BCUT2D eigenvalue weighted by molar-refractivity contribution is 5.79. The topological polar surface area (TPSA) is 53.7 Å². The van der Waals surface area contributed by atoms with E-state index in [1.54, 1.807) is 7.05 Å². The van der Waals surface area contributed by atoms with E-state index in [1.165, 1.54) is 12.1 Å². The lowest BCUT2D eigenvalue weighted by atomic mass is 10.1. The number of nitrogens with one attached hydrogen (secondary N) is 2. The van der Waals surface area contributed by atoms with Crippen LogP contribution in [0.15, 0.2) is 53.8 Å². The van der Waals surface area contributed by atoms with Gasteiger partial charge in [0.15, 0.2) is 5.96 Å². The van der Waals surface area contributed by atoms with E-state index in [0.717, 1.165) is 41.0 Å². The molecule has 28 heavy (non-hydrogen) atoms. The maximum absolute atomic E-state index is 12.6. The molecule has 2 heterocycles. The van der Waals surface area contributed by atoms with Gasteiger partial charge in [0.05, 0.1) is 11.3 Å². The number of pyridine rings is 1. The normalized spacial score (nSPS) is 12.4. The molecule has 0 aliphatic carbocycles. The molecule has 0 fully saturated rings. The van der Waals surface area contributed by atoms with Crippen LogP contribution in [0.25, 0.3) is 5.65 Å². The minimum Gasteiger partial charge on any atom is -0.356 e. The summed E-state index contributed by atoms with van der Waals surface area (Å²) in [6.07, 6.45) is 0.376. The highest BCUT2D eigenvalue weighted by atomic mass is 19.4. The molecule has 3 rings (SSSR count). The first-order chi connectivity index (χ1) is 13.4. The number of nitrogens with zero attached hydrogens (tertiary/aromatic N) is 3. The standard InChI is InChI=1S/C20H22F3N5/c1-14-4-3-11-28-13-17(27-18(14)28)9-10-25-19(24-2)26-12-15-5-7-16(8-6-15)20(21,22)23/h3-8,11,13H,9-10,12H2,1-2H3,(H2,24,25,26). The van der Waals surface area contributed by atoms with Gasteiger partial charge in [-0.2, -0.15) is 13.2 Å². The van der Waals surface area contributed by atoms with Crippen molar-refractivity contribution >= 4 is 11.6 Å². The lowest BCUT2D eigenvalue weighted by molar-refractivity contribution is -0.137. The Balaban J connectivity index is 1.50. The van der Waals surface area contributed by atoms with Gasteiger partial charge in [0, 0.05) is 39.0 Å². The van der Waals surface area contributed by atoms with Gasteiger partial charge in [-0.3, -0.25) is 4.99 Å². The van der Waals surface area contributed by atoms with Crippen LogP contribution < -0.4 is 10.6 Å². The number of aromatic nitrogens is 2. The van der Waals surface area contributed by atoms with Gasteiger partial charge < -0.3 is 15.0 Å². The Kier molecular flexibility index (Phi) is 5.87. The monoisotopic (exact) mass is 389 g/mol. The van der Waals surface area contributed by atoms with Crippen LogP contribution in [0.4, 0.5) is 13.2 Å². The zero-order valence-corrected chi connectivity index (χ0v) is 15.7. The molecule has 0 unspecified atom stereocenters. The van der Waals surface area contributed by atoms with Crippen LogP contribution in [0.1, 0.15) is 22.4 Å². The zero-order chi connectivity index (χ0) is 20.1. The van der Waals surface area contributed by atoms with Crippen LogP contribution >= 0.6 is 0 Å². The quantitative estimate of drug-likeness (QED) is 0.518. The van der Waals surface area contributed by atoms with E-state index in [4.69, 9.17) is 0 Å². The van der Waals surface area contributed by atoms with Gasteiger partial charge in [-0.1, -0.05) is 18.2 Å². The Bertz CT molecular complexity index is 958. The predicted molar refractivity (Wildman–Crippen MR) is 103 cm³/mol. The summed E-state index contributed by atoms with van der Waals surface area (Å²) in [7, 11) is 1.65. The number of benzene rings is 1. The van der Waals surface area contributed by atoms with Crippen molar-refractivity contribution in [3.8, 4) is 0 Å². The first kappa shape index (κ1) is 19.7. The number of hydrogen-bond donors (Lipinski definition) is 2. The van der Waals surface area contributed by atoms with E-state index in [1.807, 2.05) is 35.9 Å². The van der Waals surface area contributed by atoms with Gasteiger partial charge in [-0.25, -0.2) is 4.98 Å². The van der Waals surface area contributed by atoms with E-state index in [2.05, 4.69) is 20.6 Å². The van der Waals surface area contributed by atoms with E-state index in [9.17, 15) is 13.2 Å². The molecule has 8 heteroatoms. The molecule has 0 saturated heterocycles. The minimum absolute atomic E-state index is 0.380. The molecule has 0 aliphatic rings. The Morgan fingerprint density at radius 3 is 2.54 bits per heavy atom. The summed E-state index contributed by atoms with van der Waals surface area (Å²) in [5.74, 6) is 0.583. The Labute approximate surface area is 161 Å². The van der Waals surface area contributed by atoms with E-state index < -0.39 is 11.7 Å². The fraction of sp³-hybridized carbons (Fsp3) is 0.300. The summed E-state index contributed by atoms with van der Waals surface area (Å²) < 4.78 is 39.8. The number of guanidine groups is 1. The lowest BCUT2D eigenvalue weighted by Gasteiger charge is -2.12. The van der Waals surface area contributed by atoms with E-state index in [0.29, 0.717) is 19.0 Å². The van der Waals surface area contributed by atoms with Crippen molar-refractivity contribution in [3.05, 3.63) is 71.2 Å². The second-order valence-corrected chi connectivity index (χ2v) is 6.45. The number of hydrogen-bond acceptors (Lipinski definition) is 2. The summed E-state index contributed by atoms with van der Waals surface area (Å²) in [6, 6.07) is 9.10. The molecule has 1 aromatic carbocycles. The van der Waals surface area contributed by atoms with Crippen LogP contribution in [0.5, 0.6) is 0 Å². The summed E-state index contributed by atoms with van der Waals surface area (Å²) >= 11 is 0. The third kappa shape index (κ3) is 4.82. The molecule has 0 atom stereocenters. The minimum atomic E-state index is -4.32. The Morgan fingerprint density at radius 1 is 1.14 bits per heavy atom. The first-order valence-electron chi connectivity index (χ1n) is 8.90. The molecule has 0 aliphatic heterocycles. The van der Waals surface area contributed by atoms with Gasteiger partial charge in [0.1, 0.15) is 5.65 Å². The number of aryl methyl sites for hydroxylation is 1. The number of fused-ring (bicyclic) bond motifs is 1. The molecule has 2 aromatic heterocycles. The smallest absolute Gasteiger partial charge is 0.356 e. The summed E-state index contributed by atoms with van der Waals surface area (Å²) in [5.41, 5.74) is 3.13. The third-order valence-electron chi connectivity index (χ3n) is 4.37. The third-order valence-corrected chi connectivity index (χ3v) is 4.37. The van der Waals surface area contributed by atoms with Crippen LogP contribution in [-0.4, -0.2) is 28.9 Å². The number of aliphatic imine (C=N–C) groups is 1. The average molecular weight is 389 g/mol. The number of halogens is 3. The highest BCUT2D eigenvalue weighted by Crippen LogP contribution is 2.29. The van der Waals surface area contributed by atoms with Crippen molar-refractivity contribution in [2.75, 3.05) is 13.6 Å². The molecule has 0 radical (unpaired) electrons. The maximum atomic E-state index is 12.6. The van der Waals surface area contributed by atoms with Gasteiger partial charge in [-0.05, 0) is 36.2 Å². The van der Waals surface area contributed by atoms with Crippen molar-refractivity contribution in [3.63, 3.8) is 0 Å². The van der Waals surface area contributed by atoms with Gasteiger partial charge in [-0.15, -0.1) is 0 Å². The van der Waals surface area contributed by atoms with Crippen molar-refractivity contribution in [1.82, 2.24) is 20.0 Å². The molecule has 2 N–H and O–H groups in total. The van der Waals surface area contributed by atoms with E-state index >= 15 is 0 Å². The zero-order valence-electron chi connectivity index (χ0n) is 15.7. The van der Waals surface area contributed by atoms with Crippen molar-refractivity contribution in [2.45, 2.75) is 26.1 Å². The maximum Gasteiger partial charge on any atom is 0.416 e. The van der Waals surface area contributed by atoms with Crippen LogP contribution in [0.2, 0.25) is 0 Å². The fourth-order valence-electron chi connectivity index (χ4n) is 2.85. The van der Waals surface area contributed by atoms with Crippen LogP contribution in [-0.2, 0) is 19.1 Å². The summed E-state index contributed by atoms with van der Waals surface area (Å²) in [4.78, 5) is 8.76. The SMILES string of the molecule is CN=C(NCCc1cn2cccc(C)c2n1)NCc1ccc(C(F)(F)F)cc1. The molecular formula is C20H22F3N5. The van der Waals surface area contributed by atoms with Crippen LogP contribution in [0, 0.1) is 6.92 Å². The average Bonchev–Trinajstić information content (AvgIpc) is 3.08. The van der Waals surface area contributed by atoms with Crippen molar-refractivity contribution in [1.29, 1.82) is 0 Å².